The van der Waals surface area contributed by atoms with Crippen LogP contribution in [0, 0.1) is 0 Å². The van der Waals surface area contributed by atoms with Crippen LogP contribution in [0.3, 0.4) is 0 Å². The zero-order chi connectivity index (χ0) is 13.6. The Hall–Kier alpha value is -0.620. The predicted molar refractivity (Wildman–Crippen MR) is 69.4 cm³/mol. The van der Waals surface area contributed by atoms with Gasteiger partial charge in [-0.25, -0.2) is 8.42 Å². The fraction of sp³-hybridized carbons (Fsp3) is 0.909. The van der Waals surface area contributed by atoms with Gasteiger partial charge in [-0.3, -0.25) is 4.79 Å². The van der Waals surface area contributed by atoms with E-state index in [-0.39, 0.29) is 11.8 Å². The highest BCUT2D eigenvalue weighted by Crippen LogP contribution is 2.05. The van der Waals surface area contributed by atoms with E-state index in [9.17, 15) is 13.2 Å². The summed E-state index contributed by atoms with van der Waals surface area (Å²) in [6, 6.07) is -0.455. The maximum Gasteiger partial charge on any atom is 0.238 e. The zero-order valence-electron chi connectivity index (χ0n) is 11.1. The minimum atomic E-state index is -3.46. The van der Waals surface area contributed by atoms with Crippen LogP contribution < -0.4 is 11.1 Å². The van der Waals surface area contributed by atoms with Crippen molar-refractivity contribution < 1.29 is 13.2 Å². The lowest BCUT2D eigenvalue weighted by atomic mass is 10.2. The Morgan fingerprint density at radius 3 is 2.24 bits per heavy atom. The Balaban J connectivity index is 4.49. The number of nitrogens with two attached hydrogens (primary N) is 1. The number of sulfone groups is 1. The molecule has 0 heterocycles. The van der Waals surface area contributed by atoms with Crippen molar-refractivity contribution in [3.63, 3.8) is 0 Å². The normalized spacial score (nSPS) is 17.2. The van der Waals surface area contributed by atoms with E-state index in [1.807, 2.05) is 13.8 Å². The van der Waals surface area contributed by atoms with Gasteiger partial charge in [0.1, 0.15) is 5.25 Å². The summed E-state index contributed by atoms with van der Waals surface area (Å²) in [6.07, 6.45) is 1.79. The van der Waals surface area contributed by atoms with Crippen LogP contribution >= 0.6 is 0 Å². The molecule has 0 aromatic rings. The van der Waals surface area contributed by atoms with E-state index in [1.165, 1.54) is 6.92 Å². The molecule has 3 N–H and O–H groups in total. The summed E-state index contributed by atoms with van der Waals surface area (Å²) in [5.41, 5.74) is 5.45. The molecule has 17 heavy (non-hydrogen) atoms. The number of carbonyl (C=O) groups excluding carboxylic acids is 1. The molecule has 3 unspecified atom stereocenters. The minimum Gasteiger partial charge on any atom is -0.353 e. The SMILES string of the molecule is CCCC(C)NC(=O)C(C)S(=O)(=O)CC(C)N. The van der Waals surface area contributed by atoms with E-state index < -0.39 is 27.0 Å². The highest BCUT2D eigenvalue weighted by Gasteiger charge is 2.29. The second-order valence-electron chi connectivity index (χ2n) is 4.65. The lowest BCUT2D eigenvalue weighted by molar-refractivity contribution is -0.121. The summed E-state index contributed by atoms with van der Waals surface area (Å²) >= 11 is 0. The molecule has 0 saturated heterocycles. The Bertz CT molecular complexity index is 339. The van der Waals surface area contributed by atoms with Crippen LogP contribution in [0.1, 0.15) is 40.5 Å². The van der Waals surface area contributed by atoms with E-state index in [1.54, 1.807) is 6.92 Å². The third-order valence-electron chi connectivity index (χ3n) is 2.51. The van der Waals surface area contributed by atoms with Gasteiger partial charge in [-0.2, -0.15) is 0 Å². The highest BCUT2D eigenvalue weighted by atomic mass is 32.2. The summed E-state index contributed by atoms with van der Waals surface area (Å²) in [5, 5.41) is 1.67. The summed E-state index contributed by atoms with van der Waals surface area (Å²) < 4.78 is 23.6. The zero-order valence-corrected chi connectivity index (χ0v) is 11.9. The summed E-state index contributed by atoms with van der Waals surface area (Å²) in [6.45, 7) is 6.90. The van der Waals surface area contributed by atoms with Crippen molar-refractivity contribution in [2.24, 2.45) is 5.73 Å². The van der Waals surface area contributed by atoms with Gasteiger partial charge in [0.15, 0.2) is 9.84 Å². The standard InChI is InChI=1S/C11H24N2O3S/c1-5-6-9(3)13-11(14)10(4)17(15,16)7-8(2)12/h8-10H,5-7,12H2,1-4H3,(H,13,14). The van der Waals surface area contributed by atoms with Crippen LogP contribution in [0.2, 0.25) is 0 Å². The molecule has 6 heteroatoms. The summed E-state index contributed by atoms with van der Waals surface area (Å²) in [5.74, 6) is -0.601. The van der Waals surface area contributed by atoms with E-state index in [4.69, 9.17) is 5.73 Å². The van der Waals surface area contributed by atoms with Crippen LogP contribution in [0.15, 0.2) is 0 Å². The van der Waals surface area contributed by atoms with E-state index in [2.05, 4.69) is 5.32 Å². The molecule has 0 rings (SSSR count). The number of hydrogen-bond donors (Lipinski definition) is 2. The van der Waals surface area contributed by atoms with Crippen LogP contribution in [0.5, 0.6) is 0 Å². The second kappa shape index (κ2) is 6.96. The molecule has 0 aromatic heterocycles. The molecule has 0 fully saturated rings. The van der Waals surface area contributed by atoms with Crippen molar-refractivity contribution in [1.29, 1.82) is 0 Å². The average Bonchev–Trinajstić information content (AvgIpc) is 2.14. The van der Waals surface area contributed by atoms with Gasteiger partial charge in [-0.15, -0.1) is 0 Å². The van der Waals surface area contributed by atoms with Crippen molar-refractivity contribution in [1.82, 2.24) is 5.32 Å². The van der Waals surface area contributed by atoms with Crippen molar-refractivity contribution in [2.45, 2.75) is 57.9 Å². The average molecular weight is 264 g/mol. The second-order valence-corrected chi connectivity index (χ2v) is 7.01. The van der Waals surface area contributed by atoms with Gasteiger partial charge >= 0.3 is 0 Å². The van der Waals surface area contributed by atoms with Crippen LogP contribution in [-0.2, 0) is 14.6 Å². The third kappa shape index (κ3) is 6.02. The van der Waals surface area contributed by atoms with Crippen LogP contribution in [0.4, 0.5) is 0 Å². The smallest absolute Gasteiger partial charge is 0.238 e. The van der Waals surface area contributed by atoms with Gasteiger partial charge in [-0.1, -0.05) is 13.3 Å². The molecule has 5 nitrogen and oxygen atoms in total. The maximum atomic E-state index is 11.8. The Morgan fingerprint density at radius 2 is 1.82 bits per heavy atom. The fourth-order valence-electron chi connectivity index (χ4n) is 1.54. The lowest BCUT2D eigenvalue weighted by Crippen LogP contribution is -2.44. The Kier molecular flexibility index (Phi) is 6.70. The van der Waals surface area contributed by atoms with E-state index in [0.717, 1.165) is 12.8 Å². The molecule has 1 amide bonds. The molecule has 0 aromatic carbocycles. The monoisotopic (exact) mass is 264 g/mol. The molecular formula is C11H24N2O3S. The first-order chi connectivity index (χ1) is 7.70. The first-order valence-corrected chi connectivity index (χ1v) is 7.69. The topological polar surface area (TPSA) is 89.3 Å². The largest absolute Gasteiger partial charge is 0.353 e. The maximum absolute atomic E-state index is 11.8. The molecule has 3 atom stereocenters. The van der Waals surface area contributed by atoms with Crippen LogP contribution in [-0.4, -0.2) is 37.4 Å². The molecular weight excluding hydrogens is 240 g/mol. The molecule has 0 spiro atoms. The fourth-order valence-corrected chi connectivity index (χ4v) is 2.95. The number of amides is 1. The van der Waals surface area contributed by atoms with E-state index in [0.29, 0.717) is 0 Å². The van der Waals surface area contributed by atoms with Crippen molar-refractivity contribution in [3.8, 4) is 0 Å². The molecule has 0 saturated carbocycles. The van der Waals surface area contributed by atoms with Crippen LogP contribution in [0.25, 0.3) is 0 Å². The van der Waals surface area contributed by atoms with Gasteiger partial charge in [0.2, 0.25) is 5.91 Å². The Morgan fingerprint density at radius 1 is 1.29 bits per heavy atom. The minimum absolute atomic E-state index is 0.000417. The number of hydrogen-bond acceptors (Lipinski definition) is 4. The third-order valence-corrected chi connectivity index (χ3v) is 4.80. The number of carbonyl (C=O) groups is 1. The predicted octanol–water partition coefficient (Wildman–Crippen LogP) is 0.442. The van der Waals surface area contributed by atoms with Crippen molar-refractivity contribution in [2.75, 3.05) is 5.75 Å². The number of rotatable bonds is 7. The van der Waals surface area contributed by atoms with Gasteiger partial charge in [0, 0.05) is 12.1 Å². The highest BCUT2D eigenvalue weighted by molar-refractivity contribution is 7.92. The van der Waals surface area contributed by atoms with Gasteiger partial charge in [-0.05, 0) is 27.2 Å². The van der Waals surface area contributed by atoms with Gasteiger partial charge < -0.3 is 11.1 Å². The summed E-state index contributed by atoms with van der Waals surface area (Å²) in [4.78, 5) is 11.7. The molecule has 0 radical (unpaired) electrons. The van der Waals surface area contributed by atoms with Gasteiger partial charge in [0.25, 0.3) is 0 Å². The number of nitrogens with one attached hydrogen (secondary N) is 1. The first kappa shape index (κ1) is 16.4. The molecule has 0 aliphatic carbocycles. The van der Waals surface area contributed by atoms with E-state index >= 15 is 0 Å². The lowest BCUT2D eigenvalue weighted by Gasteiger charge is -2.18. The van der Waals surface area contributed by atoms with Gasteiger partial charge in [0.05, 0.1) is 5.75 Å². The molecule has 102 valence electrons. The molecule has 0 aliphatic heterocycles. The summed E-state index contributed by atoms with van der Waals surface area (Å²) in [7, 11) is -3.46. The first-order valence-electron chi connectivity index (χ1n) is 5.98. The molecule has 0 aliphatic rings. The quantitative estimate of drug-likeness (QED) is 0.698. The Labute approximate surface area is 104 Å². The van der Waals surface area contributed by atoms with Crippen molar-refractivity contribution >= 4 is 15.7 Å². The van der Waals surface area contributed by atoms with Crippen molar-refractivity contribution in [3.05, 3.63) is 0 Å². The molecule has 0 bridgehead atoms.